The fraction of sp³-hybridized carbons (Fsp3) is 0.364. The van der Waals surface area contributed by atoms with Crippen molar-refractivity contribution in [2.75, 3.05) is 0 Å². The number of hydrogen-bond donors (Lipinski definition) is 3. The second-order valence-corrected chi connectivity index (χ2v) is 3.95. The van der Waals surface area contributed by atoms with E-state index in [1.54, 1.807) is 12.1 Å². The minimum Gasteiger partial charge on any atom is -0.320 e. The molecule has 0 aromatic carbocycles. The Labute approximate surface area is 99.6 Å². The molecule has 6 heteroatoms. The van der Waals surface area contributed by atoms with E-state index in [1.807, 2.05) is 13.8 Å². The van der Waals surface area contributed by atoms with Gasteiger partial charge in [-0.3, -0.25) is 25.4 Å². The molecule has 0 fully saturated rings. The molecule has 6 nitrogen and oxygen atoms in total. The lowest BCUT2D eigenvalue weighted by Crippen LogP contribution is -2.51. The normalized spacial score (nSPS) is 12.0. The summed E-state index contributed by atoms with van der Waals surface area (Å²) in [7, 11) is 0. The number of nitrogens with one attached hydrogen (secondary N) is 2. The third-order valence-electron chi connectivity index (χ3n) is 2.26. The highest BCUT2D eigenvalue weighted by Gasteiger charge is 2.17. The van der Waals surface area contributed by atoms with Crippen molar-refractivity contribution in [1.29, 1.82) is 0 Å². The first kappa shape index (κ1) is 13.1. The van der Waals surface area contributed by atoms with Crippen molar-refractivity contribution < 1.29 is 9.59 Å². The molecule has 1 atom stereocenters. The van der Waals surface area contributed by atoms with Gasteiger partial charge in [0.1, 0.15) is 0 Å². The van der Waals surface area contributed by atoms with Gasteiger partial charge in [0.2, 0.25) is 0 Å². The van der Waals surface area contributed by atoms with Gasteiger partial charge in [0.15, 0.2) is 0 Å². The van der Waals surface area contributed by atoms with Crippen LogP contribution >= 0.6 is 0 Å². The number of aromatic nitrogens is 1. The standard InChI is InChI=1S/C11H16N4O2/c1-7(2)9(12)11(17)15-14-10(16)8-3-5-13-6-4-8/h3-7,9H,12H2,1-2H3,(H,14,16)(H,15,17). The molecular formula is C11H16N4O2. The van der Waals surface area contributed by atoms with E-state index in [0.29, 0.717) is 5.56 Å². The van der Waals surface area contributed by atoms with E-state index in [1.165, 1.54) is 12.4 Å². The summed E-state index contributed by atoms with van der Waals surface area (Å²) in [6, 6.07) is 2.45. The van der Waals surface area contributed by atoms with Gasteiger partial charge in [-0.1, -0.05) is 13.8 Å². The van der Waals surface area contributed by atoms with Gasteiger partial charge >= 0.3 is 0 Å². The molecule has 0 aliphatic carbocycles. The summed E-state index contributed by atoms with van der Waals surface area (Å²) in [5.74, 6) is -0.813. The average Bonchev–Trinajstić information content (AvgIpc) is 2.35. The molecule has 1 aromatic rings. The van der Waals surface area contributed by atoms with Crippen molar-refractivity contribution >= 4 is 11.8 Å². The highest BCUT2D eigenvalue weighted by atomic mass is 16.2. The van der Waals surface area contributed by atoms with Crippen molar-refractivity contribution in [2.45, 2.75) is 19.9 Å². The molecule has 17 heavy (non-hydrogen) atoms. The third kappa shape index (κ3) is 3.84. The Bertz CT molecular complexity index is 392. The van der Waals surface area contributed by atoms with E-state index in [9.17, 15) is 9.59 Å². The lowest BCUT2D eigenvalue weighted by atomic mass is 10.1. The van der Waals surface area contributed by atoms with Crippen LogP contribution in [0.15, 0.2) is 24.5 Å². The van der Waals surface area contributed by atoms with Crippen molar-refractivity contribution in [3.63, 3.8) is 0 Å². The molecular weight excluding hydrogens is 220 g/mol. The van der Waals surface area contributed by atoms with Crippen molar-refractivity contribution in [1.82, 2.24) is 15.8 Å². The van der Waals surface area contributed by atoms with Gasteiger partial charge in [0, 0.05) is 18.0 Å². The molecule has 1 heterocycles. The van der Waals surface area contributed by atoms with Gasteiger partial charge < -0.3 is 5.73 Å². The topological polar surface area (TPSA) is 97.1 Å². The molecule has 2 amide bonds. The lowest BCUT2D eigenvalue weighted by Gasteiger charge is -2.15. The number of carbonyl (C=O) groups is 2. The number of pyridine rings is 1. The van der Waals surface area contributed by atoms with E-state index in [0.717, 1.165) is 0 Å². The Hall–Kier alpha value is -1.95. The molecule has 0 aliphatic heterocycles. The van der Waals surface area contributed by atoms with Crippen LogP contribution in [-0.4, -0.2) is 22.8 Å². The second kappa shape index (κ2) is 5.95. The van der Waals surface area contributed by atoms with Gasteiger partial charge in [-0.05, 0) is 18.1 Å². The van der Waals surface area contributed by atoms with E-state index in [4.69, 9.17) is 5.73 Å². The van der Waals surface area contributed by atoms with E-state index in [-0.39, 0.29) is 5.92 Å². The van der Waals surface area contributed by atoms with Crippen LogP contribution in [0.5, 0.6) is 0 Å². The van der Waals surface area contributed by atoms with E-state index < -0.39 is 17.9 Å². The van der Waals surface area contributed by atoms with E-state index >= 15 is 0 Å². The van der Waals surface area contributed by atoms with Crippen LogP contribution in [0.25, 0.3) is 0 Å². The van der Waals surface area contributed by atoms with Crippen LogP contribution in [0.2, 0.25) is 0 Å². The van der Waals surface area contributed by atoms with Crippen LogP contribution in [0.4, 0.5) is 0 Å². The first-order valence-corrected chi connectivity index (χ1v) is 5.28. The number of rotatable bonds is 3. The Morgan fingerprint density at radius 3 is 2.35 bits per heavy atom. The highest BCUT2D eigenvalue weighted by Crippen LogP contribution is 1.98. The molecule has 0 bridgehead atoms. The van der Waals surface area contributed by atoms with Crippen molar-refractivity contribution in [3.8, 4) is 0 Å². The second-order valence-electron chi connectivity index (χ2n) is 3.95. The monoisotopic (exact) mass is 236 g/mol. The van der Waals surface area contributed by atoms with Crippen LogP contribution in [-0.2, 0) is 4.79 Å². The number of carbonyl (C=O) groups excluding carboxylic acids is 2. The Kier molecular flexibility index (Phi) is 4.59. The summed E-state index contributed by atoms with van der Waals surface area (Å²) in [5, 5.41) is 0. The first-order chi connectivity index (χ1) is 8.02. The largest absolute Gasteiger partial charge is 0.320 e. The highest BCUT2D eigenvalue weighted by molar-refractivity contribution is 5.95. The summed E-state index contributed by atoms with van der Waals surface area (Å²) < 4.78 is 0. The average molecular weight is 236 g/mol. The Balaban J connectivity index is 2.47. The summed E-state index contributed by atoms with van der Waals surface area (Å²) in [6.45, 7) is 3.66. The first-order valence-electron chi connectivity index (χ1n) is 5.28. The van der Waals surface area contributed by atoms with Gasteiger partial charge in [-0.25, -0.2) is 0 Å². The van der Waals surface area contributed by atoms with Crippen molar-refractivity contribution in [2.24, 2.45) is 11.7 Å². The molecule has 0 aliphatic rings. The number of hydrazine groups is 1. The molecule has 1 aromatic heterocycles. The quantitative estimate of drug-likeness (QED) is 0.634. The molecule has 92 valence electrons. The summed E-state index contributed by atoms with van der Waals surface area (Å²) in [4.78, 5) is 26.8. The number of nitrogens with zero attached hydrogens (tertiary/aromatic N) is 1. The SMILES string of the molecule is CC(C)C(N)C(=O)NNC(=O)c1ccncc1. The predicted molar refractivity (Wildman–Crippen MR) is 62.7 cm³/mol. The minimum atomic E-state index is -0.646. The molecule has 1 rings (SSSR count). The fourth-order valence-corrected chi connectivity index (χ4v) is 1.08. The van der Waals surface area contributed by atoms with Crippen LogP contribution in [0.1, 0.15) is 24.2 Å². The maximum atomic E-state index is 11.5. The molecule has 0 saturated carbocycles. The minimum absolute atomic E-state index is 0.00725. The summed E-state index contributed by atoms with van der Waals surface area (Å²) in [6.07, 6.45) is 2.99. The fourth-order valence-electron chi connectivity index (χ4n) is 1.08. The zero-order valence-corrected chi connectivity index (χ0v) is 9.81. The predicted octanol–water partition coefficient (Wildman–Crippen LogP) is -0.174. The summed E-state index contributed by atoms with van der Waals surface area (Å²) >= 11 is 0. The third-order valence-corrected chi connectivity index (χ3v) is 2.26. The van der Waals surface area contributed by atoms with Gasteiger partial charge in [0.05, 0.1) is 6.04 Å². The van der Waals surface area contributed by atoms with E-state index in [2.05, 4.69) is 15.8 Å². The number of amides is 2. The van der Waals surface area contributed by atoms with Crippen LogP contribution < -0.4 is 16.6 Å². The van der Waals surface area contributed by atoms with Gasteiger partial charge in [-0.15, -0.1) is 0 Å². The van der Waals surface area contributed by atoms with Gasteiger partial charge in [-0.2, -0.15) is 0 Å². The zero-order valence-electron chi connectivity index (χ0n) is 9.81. The Morgan fingerprint density at radius 2 is 1.82 bits per heavy atom. The lowest BCUT2D eigenvalue weighted by molar-refractivity contribution is -0.124. The van der Waals surface area contributed by atoms with Crippen molar-refractivity contribution in [3.05, 3.63) is 30.1 Å². The smallest absolute Gasteiger partial charge is 0.269 e. The zero-order chi connectivity index (χ0) is 12.8. The maximum Gasteiger partial charge on any atom is 0.269 e. The summed E-state index contributed by atoms with van der Waals surface area (Å²) in [5.41, 5.74) is 10.6. The molecule has 0 saturated heterocycles. The van der Waals surface area contributed by atoms with Crippen LogP contribution in [0.3, 0.4) is 0 Å². The number of hydrogen-bond acceptors (Lipinski definition) is 4. The molecule has 0 radical (unpaired) electrons. The maximum absolute atomic E-state index is 11.5. The number of nitrogens with two attached hydrogens (primary N) is 1. The molecule has 1 unspecified atom stereocenters. The van der Waals surface area contributed by atoms with Gasteiger partial charge in [0.25, 0.3) is 11.8 Å². The molecule has 0 spiro atoms. The van der Waals surface area contributed by atoms with Crippen LogP contribution in [0, 0.1) is 5.92 Å². The molecule has 4 N–H and O–H groups in total. The Morgan fingerprint density at radius 1 is 1.24 bits per heavy atom.